The van der Waals surface area contributed by atoms with Crippen LogP contribution >= 0.6 is 0 Å². The normalized spacial score (nSPS) is 28.1. The van der Waals surface area contributed by atoms with E-state index < -0.39 is 0 Å². The Morgan fingerprint density at radius 1 is 0.950 bits per heavy atom. The number of likely N-dealkylation sites (tertiary alicyclic amines) is 1. The van der Waals surface area contributed by atoms with Gasteiger partial charge in [0.2, 0.25) is 0 Å². The maximum atomic E-state index is 11.8. The molecule has 1 heterocycles. The Morgan fingerprint density at radius 3 is 1.90 bits per heavy atom. The summed E-state index contributed by atoms with van der Waals surface area (Å²) >= 11 is 0. The molecule has 2 rings (SSSR count). The summed E-state index contributed by atoms with van der Waals surface area (Å²) in [5.74, 6) is 0.748. The third kappa shape index (κ3) is 3.35. The SMILES string of the molecule is C[C@H]1CC[C@H](N(C(N)=O)C2CCN(C(N)=O)CC2)CC1. The molecular formula is C14H26N4O2. The fraction of sp³-hybridized carbons (Fsp3) is 0.857. The smallest absolute Gasteiger partial charge is 0.315 e. The van der Waals surface area contributed by atoms with Gasteiger partial charge >= 0.3 is 12.1 Å². The third-order valence-corrected chi connectivity index (χ3v) is 4.80. The molecule has 1 saturated heterocycles. The number of rotatable bonds is 2. The lowest BCUT2D eigenvalue weighted by molar-refractivity contribution is 0.0877. The Morgan fingerprint density at radius 2 is 1.45 bits per heavy atom. The Balaban J connectivity index is 1.96. The number of amides is 4. The molecule has 20 heavy (non-hydrogen) atoms. The highest BCUT2D eigenvalue weighted by molar-refractivity contribution is 5.73. The minimum Gasteiger partial charge on any atom is -0.351 e. The van der Waals surface area contributed by atoms with Crippen LogP contribution in [0, 0.1) is 5.92 Å². The van der Waals surface area contributed by atoms with Crippen molar-refractivity contribution in [1.29, 1.82) is 0 Å². The molecule has 4 amide bonds. The van der Waals surface area contributed by atoms with Crippen molar-refractivity contribution in [3.8, 4) is 0 Å². The Kier molecular flexibility index (Phi) is 4.73. The van der Waals surface area contributed by atoms with Crippen LogP contribution < -0.4 is 11.5 Å². The first-order chi connectivity index (χ1) is 9.49. The van der Waals surface area contributed by atoms with Crippen molar-refractivity contribution in [1.82, 2.24) is 9.80 Å². The molecule has 6 nitrogen and oxygen atoms in total. The van der Waals surface area contributed by atoms with E-state index in [0.29, 0.717) is 13.1 Å². The number of carbonyl (C=O) groups excluding carboxylic acids is 2. The summed E-state index contributed by atoms with van der Waals surface area (Å²) in [7, 11) is 0. The van der Waals surface area contributed by atoms with Gasteiger partial charge in [-0.1, -0.05) is 6.92 Å². The Hall–Kier alpha value is -1.46. The molecule has 0 aromatic heterocycles. The van der Waals surface area contributed by atoms with Crippen molar-refractivity contribution in [2.45, 2.75) is 57.5 Å². The van der Waals surface area contributed by atoms with Crippen LogP contribution in [0.25, 0.3) is 0 Å². The molecule has 0 radical (unpaired) electrons. The number of nitrogens with zero attached hydrogens (tertiary/aromatic N) is 2. The third-order valence-electron chi connectivity index (χ3n) is 4.80. The lowest BCUT2D eigenvalue weighted by Gasteiger charge is -2.43. The summed E-state index contributed by atoms with van der Waals surface area (Å²) in [6.45, 7) is 3.50. The molecule has 2 fully saturated rings. The van der Waals surface area contributed by atoms with Gasteiger partial charge < -0.3 is 21.3 Å². The minimum absolute atomic E-state index is 0.154. The van der Waals surface area contributed by atoms with E-state index in [4.69, 9.17) is 11.5 Å². The number of urea groups is 2. The second kappa shape index (κ2) is 6.33. The van der Waals surface area contributed by atoms with E-state index in [1.54, 1.807) is 4.90 Å². The highest BCUT2D eigenvalue weighted by atomic mass is 16.2. The lowest BCUT2D eigenvalue weighted by Crippen LogP contribution is -2.55. The molecule has 0 aromatic rings. The second-order valence-corrected chi connectivity index (χ2v) is 6.22. The van der Waals surface area contributed by atoms with Crippen LogP contribution in [-0.2, 0) is 0 Å². The first-order valence-corrected chi connectivity index (χ1v) is 7.61. The molecule has 1 aliphatic carbocycles. The van der Waals surface area contributed by atoms with Gasteiger partial charge in [-0.05, 0) is 44.4 Å². The Labute approximate surface area is 120 Å². The lowest BCUT2D eigenvalue weighted by atomic mass is 9.85. The number of nitrogens with two attached hydrogens (primary N) is 2. The van der Waals surface area contributed by atoms with E-state index in [0.717, 1.165) is 44.4 Å². The van der Waals surface area contributed by atoms with E-state index >= 15 is 0 Å². The van der Waals surface area contributed by atoms with E-state index in [9.17, 15) is 9.59 Å². The van der Waals surface area contributed by atoms with E-state index in [1.807, 2.05) is 4.90 Å². The van der Waals surface area contributed by atoms with Crippen molar-refractivity contribution >= 4 is 12.1 Å². The summed E-state index contributed by atoms with van der Waals surface area (Å²) in [4.78, 5) is 26.5. The predicted octanol–water partition coefficient (Wildman–Crippen LogP) is 1.49. The molecule has 1 saturated carbocycles. The van der Waals surface area contributed by atoms with Crippen LogP contribution in [0.4, 0.5) is 9.59 Å². The van der Waals surface area contributed by atoms with Crippen LogP contribution in [0.1, 0.15) is 45.4 Å². The van der Waals surface area contributed by atoms with Crippen LogP contribution in [0.15, 0.2) is 0 Å². The standard InChI is InChI=1S/C14H26N4O2/c1-10-2-4-11(5-3-10)18(14(16)20)12-6-8-17(9-7-12)13(15)19/h10-12H,2-9H2,1H3,(H2,15,19)(H2,16,20)/t10-,11-. The van der Waals surface area contributed by atoms with Crippen molar-refractivity contribution in [3.63, 3.8) is 0 Å². The number of carbonyl (C=O) groups is 2. The van der Waals surface area contributed by atoms with Gasteiger partial charge in [-0.25, -0.2) is 9.59 Å². The monoisotopic (exact) mass is 282 g/mol. The topological polar surface area (TPSA) is 92.7 Å². The van der Waals surface area contributed by atoms with E-state index in [1.165, 1.54) is 0 Å². The van der Waals surface area contributed by atoms with Gasteiger partial charge in [0, 0.05) is 25.2 Å². The van der Waals surface area contributed by atoms with Gasteiger partial charge in [0.05, 0.1) is 0 Å². The molecule has 6 heteroatoms. The quantitative estimate of drug-likeness (QED) is 0.803. The Bertz CT molecular complexity index is 358. The van der Waals surface area contributed by atoms with Crippen molar-refractivity contribution in [3.05, 3.63) is 0 Å². The number of hydrogen-bond acceptors (Lipinski definition) is 2. The average molecular weight is 282 g/mol. The van der Waals surface area contributed by atoms with Crippen LogP contribution in [-0.4, -0.2) is 47.0 Å². The van der Waals surface area contributed by atoms with Gasteiger partial charge in [0.1, 0.15) is 0 Å². The predicted molar refractivity (Wildman–Crippen MR) is 77.0 cm³/mol. The van der Waals surface area contributed by atoms with E-state index in [2.05, 4.69) is 6.92 Å². The molecule has 0 bridgehead atoms. The first kappa shape index (κ1) is 14.9. The van der Waals surface area contributed by atoms with Gasteiger partial charge in [0.25, 0.3) is 0 Å². The van der Waals surface area contributed by atoms with Crippen molar-refractivity contribution < 1.29 is 9.59 Å². The van der Waals surface area contributed by atoms with Gasteiger partial charge in [-0.2, -0.15) is 0 Å². The van der Waals surface area contributed by atoms with Crippen LogP contribution in [0.2, 0.25) is 0 Å². The van der Waals surface area contributed by atoms with Gasteiger partial charge in [-0.3, -0.25) is 0 Å². The maximum Gasteiger partial charge on any atom is 0.315 e. The molecule has 0 aromatic carbocycles. The zero-order chi connectivity index (χ0) is 14.7. The summed E-state index contributed by atoms with van der Waals surface area (Å²) in [6.07, 6.45) is 5.96. The molecule has 0 spiro atoms. The summed E-state index contributed by atoms with van der Waals surface area (Å²) < 4.78 is 0. The number of piperidine rings is 1. The highest BCUT2D eigenvalue weighted by Gasteiger charge is 2.34. The van der Waals surface area contributed by atoms with Crippen LogP contribution in [0.3, 0.4) is 0 Å². The van der Waals surface area contributed by atoms with Crippen LogP contribution in [0.5, 0.6) is 0 Å². The second-order valence-electron chi connectivity index (χ2n) is 6.22. The molecule has 2 aliphatic rings. The van der Waals surface area contributed by atoms with Gasteiger partial charge in [-0.15, -0.1) is 0 Å². The fourth-order valence-corrected chi connectivity index (χ4v) is 3.54. The molecular weight excluding hydrogens is 256 g/mol. The summed E-state index contributed by atoms with van der Waals surface area (Å²) in [6, 6.07) is -0.266. The number of primary amides is 2. The van der Waals surface area contributed by atoms with Crippen molar-refractivity contribution in [2.24, 2.45) is 17.4 Å². The molecule has 1 aliphatic heterocycles. The summed E-state index contributed by atoms with van der Waals surface area (Å²) in [5.41, 5.74) is 10.9. The largest absolute Gasteiger partial charge is 0.351 e. The van der Waals surface area contributed by atoms with E-state index in [-0.39, 0.29) is 24.1 Å². The van der Waals surface area contributed by atoms with Gasteiger partial charge in [0.15, 0.2) is 0 Å². The zero-order valence-electron chi connectivity index (χ0n) is 12.3. The van der Waals surface area contributed by atoms with Crippen molar-refractivity contribution in [2.75, 3.05) is 13.1 Å². The summed E-state index contributed by atoms with van der Waals surface area (Å²) in [5, 5.41) is 0. The zero-order valence-corrected chi connectivity index (χ0v) is 12.3. The minimum atomic E-state index is -0.374. The fourth-order valence-electron chi connectivity index (χ4n) is 3.54. The molecule has 114 valence electrons. The first-order valence-electron chi connectivity index (χ1n) is 7.61. The molecule has 0 atom stereocenters. The highest BCUT2D eigenvalue weighted by Crippen LogP contribution is 2.30. The maximum absolute atomic E-state index is 11.8. The number of hydrogen-bond donors (Lipinski definition) is 2. The average Bonchev–Trinajstić information content (AvgIpc) is 2.41. The molecule has 0 unspecified atom stereocenters. The molecule has 4 N–H and O–H groups in total.